The number of rotatable bonds is 4. The number of benzene rings is 1. The minimum Gasteiger partial charge on any atom is -0.508 e. The van der Waals surface area contributed by atoms with Gasteiger partial charge in [-0.3, -0.25) is 4.79 Å². The number of carbonyl (C=O) groups excluding carboxylic acids is 1. The molecule has 1 aliphatic carbocycles. The summed E-state index contributed by atoms with van der Waals surface area (Å²) >= 11 is 0. The van der Waals surface area contributed by atoms with E-state index in [4.69, 9.17) is 5.73 Å². The third-order valence-corrected chi connectivity index (χ3v) is 4.46. The lowest BCUT2D eigenvalue weighted by Crippen LogP contribution is -2.39. The van der Waals surface area contributed by atoms with Crippen molar-refractivity contribution in [2.24, 2.45) is 11.1 Å². The van der Waals surface area contributed by atoms with Gasteiger partial charge in [0, 0.05) is 25.2 Å². The Morgan fingerprint density at radius 2 is 2.05 bits per heavy atom. The lowest BCUT2D eigenvalue weighted by atomic mass is 9.71. The fraction of sp³-hybridized carbons (Fsp3) is 0.562. The third kappa shape index (κ3) is 3.31. The molecule has 0 atom stereocenters. The van der Waals surface area contributed by atoms with Crippen LogP contribution < -0.4 is 10.6 Å². The smallest absolute Gasteiger partial charge is 0.227 e. The second-order valence-corrected chi connectivity index (χ2v) is 5.91. The highest BCUT2D eigenvalue weighted by molar-refractivity contribution is 5.93. The summed E-state index contributed by atoms with van der Waals surface area (Å²) in [6.07, 6.45) is 6.17. The molecule has 0 aliphatic heterocycles. The normalized spacial score (nSPS) is 17.7. The Balaban J connectivity index is 2.06. The zero-order chi connectivity index (χ0) is 14.6. The van der Waals surface area contributed by atoms with E-state index in [1.54, 1.807) is 30.1 Å². The molecule has 1 saturated carbocycles. The molecule has 0 unspecified atom stereocenters. The molecule has 0 spiro atoms. The zero-order valence-electron chi connectivity index (χ0n) is 12.1. The third-order valence-electron chi connectivity index (χ3n) is 4.46. The molecule has 3 N–H and O–H groups in total. The van der Waals surface area contributed by atoms with Crippen molar-refractivity contribution in [2.45, 2.75) is 38.5 Å². The largest absolute Gasteiger partial charge is 0.508 e. The highest BCUT2D eigenvalue weighted by atomic mass is 16.3. The lowest BCUT2D eigenvalue weighted by molar-refractivity contribution is -0.121. The Hall–Kier alpha value is -1.55. The van der Waals surface area contributed by atoms with Crippen molar-refractivity contribution in [3.8, 4) is 5.75 Å². The standard InChI is InChI=1S/C16H24N2O2/c1-18(13-6-5-7-14(19)10-13)15(20)11-16(12-17)8-3-2-4-9-16/h5-7,10,19H,2-4,8-9,11-12,17H2,1H3. The van der Waals surface area contributed by atoms with E-state index in [9.17, 15) is 9.90 Å². The summed E-state index contributed by atoms with van der Waals surface area (Å²) < 4.78 is 0. The Labute approximate surface area is 120 Å². The van der Waals surface area contributed by atoms with E-state index in [-0.39, 0.29) is 17.1 Å². The maximum absolute atomic E-state index is 12.5. The van der Waals surface area contributed by atoms with Crippen LogP contribution in [-0.2, 0) is 4.79 Å². The summed E-state index contributed by atoms with van der Waals surface area (Å²) in [5.74, 6) is 0.247. The molecule has 1 amide bonds. The molecule has 1 aromatic rings. The molecule has 0 heterocycles. The number of anilines is 1. The number of phenols is 1. The van der Waals surface area contributed by atoms with Crippen LogP contribution in [0.4, 0.5) is 5.69 Å². The molecule has 110 valence electrons. The van der Waals surface area contributed by atoms with Crippen LogP contribution in [0.1, 0.15) is 38.5 Å². The Morgan fingerprint density at radius 1 is 1.35 bits per heavy atom. The Morgan fingerprint density at radius 3 is 2.65 bits per heavy atom. The van der Waals surface area contributed by atoms with Crippen molar-refractivity contribution < 1.29 is 9.90 Å². The Kier molecular flexibility index (Phi) is 4.65. The lowest BCUT2D eigenvalue weighted by Gasteiger charge is -2.36. The summed E-state index contributed by atoms with van der Waals surface area (Å²) in [6, 6.07) is 6.78. The van der Waals surface area contributed by atoms with E-state index in [1.807, 2.05) is 6.07 Å². The summed E-state index contributed by atoms with van der Waals surface area (Å²) in [5, 5.41) is 9.50. The average molecular weight is 276 g/mol. The molecule has 2 rings (SSSR count). The second-order valence-electron chi connectivity index (χ2n) is 5.91. The van der Waals surface area contributed by atoms with Gasteiger partial charge >= 0.3 is 0 Å². The number of phenolic OH excluding ortho intramolecular Hbond substituents is 1. The highest BCUT2D eigenvalue weighted by Gasteiger charge is 2.34. The van der Waals surface area contributed by atoms with Gasteiger partial charge in [-0.2, -0.15) is 0 Å². The summed E-state index contributed by atoms with van der Waals surface area (Å²) in [5.41, 5.74) is 6.63. The van der Waals surface area contributed by atoms with E-state index in [2.05, 4.69) is 0 Å². The molecular weight excluding hydrogens is 252 g/mol. The van der Waals surface area contributed by atoms with Gasteiger partial charge in [-0.05, 0) is 36.9 Å². The first-order valence-electron chi connectivity index (χ1n) is 7.32. The molecule has 0 radical (unpaired) electrons. The second kappa shape index (κ2) is 6.27. The van der Waals surface area contributed by atoms with Gasteiger partial charge in [0.1, 0.15) is 5.75 Å². The topological polar surface area (TPSA) is 66.6 Å². The molecule has 1 fully saturated rings. The minimum atomic E-state index is -0.0274. The molecule has 4 heteroatoms. The molecule has 4 nitrogen and oxygen atoms in total. The fourth-order valence-electron chi connectivity index (χ4n) is 3.04. The van der Waals surface area contributed by atoms with Gasteiger partial charge in [0.25, 0.3) is 0 Å². The van der Waals surface area contributed by atoms with Gasteiger partial charge in [-0.25, -0.2) is 0 Å². The van der Waals surface area contributed by atoms with Crippen LogP contribution >= 0.6 is 0 Å². The molecule has 1 aromatic carbocycles. The van der Waals surface area contributed by atoms with E-state index >= 15 is 0 Å². The number of carbonyl (C=O) groups is 1. The van der Waals surface area contributed by atoms with Crippen molar-refractivity contribution in [1.82, 2.24) is 0 Å². The van der Waals surface area contributed by atoms with Crippen molar-refractivity contribution in [2.75, 3.05) is 18.5 Å². The van der Waals surface area contributed by atoms with Gasteiger partial charge in [-0.15, -0.1) is 0 Å². The van der Waals surface area contributed by atoms with Gasteiger partial charge in [0.2, 0.25) is 5.91 Å². The Bertz CT molecular complexity index is 467. The molecule has 0 saturated heterocycles. The van der Waals surface area contributed by atoms with Gasteiger partial charge in [-0.1, -0.05) is 25.3 Å². The minimum absolute atomic E-state index is 0.0274. The first kappa shape index (κ1) is 14.9. The first-order valence-corrected chi connectivity index (χ1v) is 7.32. The van der Waals surface area contributed by atoms with E-state index < -0.39 is 0 Å². The van der Waals surface area contributed by atoms with Crippen LogP contribution in [0.25, 0.3) is 0 Å². The monoisotopic (exact) mass is 276 g/mol. The van der Waals surface area contributed by atoms with E-state index in [1.165, 1.54) is 19.3 Å². The molecular formula is C16H24N2O2. The highest BCUT2D eigenvalue weighted by Crippen LogP contribution is 2.39. The summed E-state index contributed by atoms with van der Waals surface area (Å²) in [7, 11) is 1.75. The first-order chi connectivity index (χ1) is 9.56. The average Bonchev–Trinajstić information content (AvgIpc) is 2.47. The number of amides is 1. The predicted molar refractivity (Wildman–Crippen MR) is 80.7 cm³/mol. The molecule has 0 aromatic heterocycles. The van der Waals surface area contributed by atoms with Crippen molar-refractivity contribution in [1.29, 1.82) is 0 Å². The van der Waals surface area contributed by atoms with Crippen LogP contribution in [0, 0.1) is 5.41 Å². The van der Waals surface area contributed by atoms with Crippen molar-refractivity contribution in [3.05, 3.63) is 24.3 Å². The van der Waals surface area contributed by atoms with Crippen LogP contribution in [0.15, 0.2) is 24.3 Å². The molecule has 1 aliphatic rings. The summed E-state index contributed by atoms with van der Waals surface area (Å²) in [6.45, 7) is 0.576. The maximum Gasteiger partial charge on any atom is 0.227 e. The maximum atomic E-state index is 12.5. The van der Waals surface area contributed by atoms with Gasteiger partial charge < -0.3 is 15.7 Å². The van der Waals surface area contributed by atoms with Gasteiger partial charge in [0.15, 0.2) is 0 Å². The SMILES string of the molecule is CN(C(=O)CC1(CN)CCCCC1)c1cccc(O)c1. The number of nitrogens with zero attached hydrogens (tertiary/aromatic N) is 1. The fourth-order valence-corrected chi connectivity index (χ4v) is 3.04. The van der Waals surface area contributed by atoms with Crippen LogP contribution in [0.2, 0.25) is 0 Å². The number of hydrogen-bond donors (Lipinski definition) is 2. The van der Waals surface area contributed by atoms with E-state index in [0.29, 0.717) is 13.0 Å². The van der Waals surface area contributed by atoms with Crippen molar-refractivity contribution >= 4 is 11.6 Å². The molecule has 20 heavy (non-hydrogen) atoms. The zero-order valence-corrected chi connectivity index (χ0v) is 12.1. The number of aromatic hydroxyl groups is 1. The van der Waals surface area contributed by atoms with E-state index in [0.717, 1.165) is 18.5 Å². The quantitative estimate of drug-likeness (QED) is 0.888. The van der Waals surface area contributed by atoms with Crippen LogP contribution in [0.3, 0.4) is 0 Å². The number of hydrogen-bond acceptors (Lipinski definition) is 3. The van der Waals surface area contributed by atoms with Crippen LogP contribution in [-0.4, -0.2) is 24.6 Å². The van der Waals surface area contributed by atoms with Crippen molar-refractivity contribution in [3.63, 3.8) is 0 Å². The number of nitrogens with two attached hydrogens (primary N) is 1. The predicted octanol–water partition coefficient (Wildman–Crippen LogP) is 2.65. The van der Waals surface area contributed by atoms with Gasteiger partial charge in [0.05, 0.1) is 0 Å². The summed E-state index contributed by atoms with van der Waals surface area (Å²) in [4.78, 5) is 14.1. The molecule has 0 bridgehead atoms. The van der Waals surface area contributed by atoms with Crippen LogP contribution in [0.5, 0.6) is 5.75 Å².